The van der Waals surface area contributed by atoms with E-state index >= 15 is 0 Å². The molecule has 1 N–H and O–H groups in total. The van der Waals surface area contributed by atoms with Gasteiger partial charge in [-0.25, -0.2) is 9.78 Å². The molecule has 0 saturated heterocycles. The summed E-state index contributed by atoms with van der Waals surface area (Å²) in [5, 5.41) is 9.70. The fourth-order valence-electron chi connectivity index (χ4n) is 3.43. The van der Waals surface area contributed by atoms with Gasteiger partial charge in [0.05, 0.1) is 12.4 Å². The summed E-state index contributed by atoms with van der Waals surface area (Å²) >= 11 is 0. The van der Waals surface area contributed by atoms with Gasteiger partial charge >= 0.3 is 5.69 Å². The summed E-state index contributed by atoms with van der Waals surface area (Å²) in [7, 11) is 3.42. The Labute approximate surface area is 154 Å². The van der Waals surface area contributed by atoms with Gasteiger partial charge < -0.3 is 9.67 Å². The van der Waals surface area contributed by atoms with Gasteiger partial charge in [0.1, 0.15) is 0 Å². The van der Waals surface area contributed by atoms with Crippen LogP contribution in [0.5, 0.6) is 0 Å². The number of hydrogen-bond donors (Lipinski definition) is 1. The van der Waals surface area contributed by atoms with Crippen LogP contribution in [0.1, 0.15) is 64.7 Å². The molecule has 7 nitrogen and oxygen atoms in total. The molecule has 1 unspecified atom stereocenters. The van der Waals surface area contributed by atoms with Gasteiger partial charge in [-0.15, -0.1) is 0 Å². The highest BCUT2D eigenvalue weighted by Crippen LogP contribution is 2.11. The number of rotatable bonds is 11. The SMILES string of the molecule is CCCC(O)CCCCCCCCn1c(=O)c2c(ncn2C)n(C)c1=O. The van der Waals surface area contributed by atoms with Crippen molar-refractivity contribution in [1.29, 1.82) is 0 Å². The van der Waals surface area contributed by atoms with Gasteiger partial charge in [-0.05, 0) is 19.3 Å². The molecule has 0 radical (unpaired) electrons. The standard InChI is InChI=1S/C19H32N4O3/c1-4-11-15(24)12-9-7-5-6-8-10-13-23-18(25)16-17(20-14-21(16)2)22(3)19(23)26/h14-15,24H,4-13H2,1-3H3. The maximum absolute atomic E-state index is 12.6. The monoisotopic (exact) mass is 364 g/mol. The summed E-state index contributed by atoms with van der Waals surface area (Å²) in [6.45, 7) is 2.54. The largest absolute Gasteiger partial charge is 0.393 e. The minimum atomic E-state index is -0.300. The number of aliphatic hydroxyl groups excluding tert-OH is 1. The molecule has 7 heteroatoms. The average molecular weight is 364 g/mol. The maximum Gasteiger partial charge on any atom is 0.332 e. The van der Waals surface area contributed by atoms with E-state index < -0.39 is 0 Å². The van der Waals surface area contributed by atoms with Crippen molar-refractivity contribution in [1.82, 2.24) is 18.7 Å². The van der Waals surface area contributed by atoms with Crippen molar-refractivity contribution >= 4 is 11.2 Å². The Morgan fingerprint density at radius 2 is 1.69 bits per heavy atom. The molecule has 1 atom stereocenters. The first-order chi connectivity index (χ1) is 12.5. The number of unbranched alkanes of at least 4 members (excludes halogenated alkanes) is 5. The maximum atomic E-state index is 12.6. The molecule has 0 aliphatic rings. The number of imidazole rings is 1. The fourth-order valence-corrected chi connectivity index (χ4v) is 3.43. The lowest BCUT2D eigenvalue weighted by Crippen LogP contribution is -2.39. The highest BCUT2D eigenvalue weighted by Gasteiger charge is 2.14. The zero-order valence-electron chi connectivity index (χ0n) is 16.3. The van der Waals surface area contributed by atoms with Crippen LogP contribution in [0.15, 0.2) is 15.9 Å². The van der Waals surface area contributed by atoms with Gasteiger partial charge in [-0.1, -0.05) is 45.4 Å². The van der Waals surface area contributed by atoms with Crippen LogP contribution in [0.2, 0.25) is 0 Å². The molecule has 2 aromatic heterocycles. The van der Waals surface area contributed by atoms with Crippen LogP contribution in [0.4, 0.5) is 0 Å². The van der Waals surface area contributed by atoms with Crippen molar-refractivity contribution in [3.05, 3.63) is 27.2 Å². The van der Waals surface area contributed by atoms with E-state index in [-0.39, 0.29) is 17.4 Å². The molecular formula is C19H32N4O3. The Hall–Kier alpha value is -1.89. The van der Waals surface area contributed by atoms with E-state index in [1.165, 1.54) is 9.13 Å². The van der Waals surface area contributed by atoms with Crippen LogP contribution in [0.3, 0.4) is 0 Å². The van der Waals surface area contributed by atoms with Gasteiger partial charge in [0.15, 0.2) is 11.2 Å². The summed E-state index contributed by atoms with van der Waals surface area (Å²) in [5.74, 6) is 0. The quantitative estimate of drug-likeness (QED) is 0.621. The Balaban J connectivity index is 1.79. The smallest absolute Gasteiger partial charge is 0.332 e. The summed E-state index contributed by atoms with van der Waals surface area (Å²) in [6.07, 6.45) is 10.5. The van der Waals surface area contributed by atoms with E-state index in [4.69, 9.17) is 0 Å². The molecule has 146 valence electrons. The van der Waals surface area contributed by atoms with Crippen molar-refractivity contribution in [3.63, 3.8) is 0 Å². The van der Waals surface area contributed by atoms with E-state index in [9.17, 15) is 14.7 Å². The summed E-state index contributed by atoms with van der Waals surface area (Å²) in [6, 6.07) is 0. The minimum Gasteiger partial charge on any atom is -0.393 e. The van der Waals surface area contributed by atoms with Crippen molar-refractivity contribution < 1.29 is 5.11 Å². The Bertz CT molecular complexity index is 819. The topological polar surface area (TPSA) is 82.1 Å². The van der Waals surface area contributed by atoms with Crippen molar-refractivity contribution in [2.75, 3.05) is 0 Å². The predicted octanol–water partition coefficient (Wildman–Crippen LogP) is 2.33. The summed E-state index contributed by atoms with van der Waals surface area (Å²) in [5.41, 5.74) is 0.348. The molecule has 2 aromatic rings. The lowest BCUT2D eigenvalue weighted by molar-refractivity contribution is 0.150. The Morgan fingerprint density at radius 1 is 1.04 bits per heavy atom. The lowest BCUT2D eigenvalue weighted by Gasteiger charge is -2.09. The second-order valence-corrected chi connectivity index (χ2v) is 7.18. The molecule has 0 fully saturated rings. The second kappa shape index (κ2) is 9.71. The molecule has 26 heavy (non-hydrogen) atoms. The number of aryl methyl sites for hydroxylation is 2. The molecule has 0 spiro atoms. The third-order valence-corrected chi connectivity index (χ3v) is 4.99. The lowest BCUT2D eigenvalue weighted by atomic mass is 10.0. The van der Waals surface area contributed by atoms with E-state index in [1.54, 1.807) is 25.0 Å². The molecule has 2 heterocycles. The van der Waals surface area contributed by atoms with E-state index in [1.807, 2.05) is 0 Å². The van der Waals surface area contributed by atoms with Crippen molar-refractivity contribution in [2.45, 2.75) is 77.4 Å². The number of hydrogen-bond acceptors (Lipinski definition) is 4. The molecule has 0 saturated carbocycles. The van der Waals surface area contributed by atoms with Gasteiger partial charge in [-0.3, -0.25) is 13.9 Å². The number of aromatic nitrogens is 4. The van der Waals surface area contributed by atoms with Gasteiger partial charge in [0, 0.05) is 20.6 Å². The van der Waals surface area contributed by atoms with Crippen molar-refractivity contribution in [3.8, 4) is 0 Å². The molecule has 0 amide bonds. The summed E-state index contributed by atoms with van der Waals surface area (Å²) < 4.78 is 4.43. The van der Waals surface area contributed by atoms with Gasteiger partial charge in [-0.2, -0.15) is 0 Å². The van der Waals surface area contributed by atoms with Crippen LogP contribution >= 0.6 is 0 Å². The molecular weight excluding hydrogens is 332 g/mol. The van der Waals surface area contributed by atoms with Crippen LogP contribution < -0.4 is 11.2 Å². The van der Waals surface area contributed by atoms with Crippen molar-refractivity contribution in [2.24, 2.45) is 14.1 Å². The third kappa shape index (κ3) is 4.84. The average Bonchev–Trinajstić information content (AvgIpc) is 3.00. The van der Waals surface area contributed by atoms with Gasteiger partial charge in [0.2, 0.25) is 0 Å². The highest BCUT2D eigenvalue weighted by molar-refractivity contribution is 5.69. The minimum absolute atomic E-state index is 0.148. The molecule has 2 rings (SSSR count). The molecule has 0 aliphatic carbocycles. The number of fused-ring (bicyclic) bond motifs is 1. The first-order valence-corrected chi connectivity index (χ1v) is 9.76. The van der Waals surface area contributed by atoms with Crippen LogP contribution in [-0.2, 0) is 20.6 Å². The Morgan fingerprint density at radius 3 is 2.38 bits per heavy atom. The third-order valence-electron chi connectivity index (χ3n) is 4.99. The predicted molar refractivity (Wildman–Crippen MR) is 103 cm³/mol. The van der Waals surface area contributed by atoms with E-state index in [2.05, 4.69) is 11.9 Å². The summed E-state index contributed by atoms with van der Waals surface area (Å²) in [4.78, 5) is 29.1. The molecule has 0 aromatic carbocycles. The first-order valence-electron chi connectivity index (χ1n) is 9.76. The normalized spacial score (nSPS) is 12.8. The zero-order chi connectivity index (χ0) is 19.1. The number of aliphatic hydroxyl groups is 1. The fraction of sp³-hybridized carbons (Fsp3) is 0.737. The van der Waals surface area contributed by atoms with Gasteiger partial charge in [0.25, 0.3) is 5.56 Å². The van der Waals surface area contributed by atoms with Crippen LogP contribution in [0.25, 0.3) is 11.2 Å². The van der Waals surface area contributed by atoms with E-state index in [0.717, 1.165) is 57.8 Å². The van der Waals surface area contributed by atoms with Crippen LogP contribution in [0, 0.1) is 0 Å². The molecule has 0 bridgehead atoms. The first kappa shape index (κ1) is 20.4. The Kier molecular flexibility index (Phi) is 7.63. The molecule has 0 aliphatic heterocycles. The van der Waals surface area contributed by atoms with Crippen LogP contribution in [-0.4, -0.2) is 29.9 Å². The zero-order valence-corrected chi connectivity index (χ0v) is 16.3. The second-order valence-electron chi connectivity index (χ2n) is 7.18. The highest BCUT2D eigenvalue weighted by atomic mass is 16.3. The number of nitrogens with zero attached hydrogens (tertiary/aromatic N) is 4. The van der Waals surface area contributed by atoms with E-state index in [0.29, 0.717) is 17.7 Å².